The molecular weight excluding hydrogens is 233 g/mol. The number of terminal acetylenes is 1. The molecule has 0 spiro atoms. The molecule has 0 radical (unpaired) electrons. The molecule has 0 nitrogen and oxygen atoms in total. The minimum atomic E-state index is 0. The van der Waals surface area contributed by atoms with Gasteiger partial charge in [0.15, 0.2) is 0 Å². The summed E-state index contributed by atoms with van der Waals surface area (Å²) in [5.74, 6) is 2.25. The molecule has 0 aromatic carbocycles. The predicted octanol–water partition coefficient (Wildman–Crippen LogP) is 0.637. The summed E-state index contributed by atoms with van der Waals surface area (Å²) in [6, 6.07) is 0. The van der Waals surface area contributed by atoms with Crippen LogP contribution in [-0.4, -0.2) is 0 Å². The molecule has 0 aromatic heterocycles. The first-order valence-corrected chi connectivity index (χ1v) is 0.789. The zero-order chi connectivity index (χ0) is 2.71. The molecule has 0 rings (SSSR count). The maximum Gasteiger partial charge on any atom is 1.00 e. The van der Waals surface area contributed by atoms with Gasteiger partial charge in [-0.25, -0.2) is 0 Å². The molecule has 0 saturated heterocycles. The standard InChI is InChI=1S/C3H4.Au/c1-3-2;/h1H,2H3;/q;+1. The molecule has 1 heteroatoms. The normalized spacial score (nSPS) is 2.00. The quantitative estimate of drug-likeness (QED) is 0.428. The molecule has 26 valence electrons. The van der Waals surface area contributed by atoms with Gasteiger partial charge >= 0.3 is 22.4 Å². The van der Waals surface area contributed by atoms with E-state index in [0.29, 0.717) is 0 Å². The van der Waals surface area contributed by atoms with Gasteiger partial charge in [-0.2, -0.15) is 0 Å². The summed E-state index contributed by atoms with van der Waals surface area (Å²) in [5.41, 5.74) is 0. The molecule has 0 aliphatic heterocycles. The summed E-state index contributed by atoms with van der Waals surface area (Å²) in [6.07, 6.45) is 4.60. The third-order valence-corrected chi connectivity index (χ3v) is 0. The predicted molar refractivity (Wildman–Crippen MR) is 14.5 cm³/mol. The Kier molecular flexibility index (Phi) is 22.9. The Bertz CT molecular complexity index is 24.8. The summed E-state index contributed by atoms with van der Waals surface area (Å²) in [5, 5.41) is 0. The van der Waals surface area contributed by atoms with Gasteiger partial charge in [-0.05, 0) is 6.92 Å². The first-order valence-electron chi connectivity index (χ1n) is 0.789. The molecule has 0 unspecified atom stereocenters. The van der Waals surface area contributed by atoms with Crippen molar-refractivity contribution in [2.75, 3.05) is 0 Å². The fourth-order valence-corrected chi connectivity index (χ4v) is 0. The zero-order valence-corrected chi connectivity index (χ0v) is 4.55. The van der Waals surface area contributed by atoms with E-state index < -0.39 is 0 Å². The summed E-state index contributed by atoms with van der Waals surface area (Å²) in [6.45, 7) is 1.65. The maximum atomic E-state index is 4.60. The topological polar surface area (TPSA) is 0 Å². The smallest absolute Gasteiger partial charge is 0.120 e. The molecule has 0 bridgehead atoms. The molecule has 0 aliphatic carbocycles. The van der Waals surface area contributed by atoms with Crippen LogP contribution in [-0.2, 0) is 22.4 Å². The van der Waals surface area contributed by atoms with Gasteiger partial charge in [-0.15, -0.1) is 12.3 Å². The van der Waals surface area contributed by atoms with Crippen LogP contribution in [0, 0.1) is 12.3 Å². The van der Waals surface area contributed by atoms with E-state index in [1.165, 1.54) is 0 Å². The van der Waals surface area contributed by atoms with Gasteiger partial charge in [0.1, 0.15) is 0 Å². The molecular formula is C3H4Au+. The molecule has 0 atom stereocenters. The molecule has 0 aliphatic rings. The van der Waals surface area contributed by atoms with Gasteiger partial charge in [0, 0.05) is 0 Å². The Balaban J connectivity index is 0. The van der Waals surface area contributed by atoms with Crippen LogP contribution in [0.4, 0.5) is 0 Å². The van der Waals surface area contributed by atoms with Gasteiger partial charge in [-0.1, -0.05) is 0 Å². The van der Waals surface area contributed by atoms with Crippen LogP contribution in [0.1, 0.15) is 6.92 Å². The number of hydrogen-bond donors (Lipinski definition) is 0. The largest absolute Gasteiger partial charge is 1.00 e. The third kappa shape index (κ3) is 43.1. The molecule has 0 amide bonds. The first-order chi connectivity index (χ1) is 1.41. The molecule has 0 aromatic rings. The number of rotatable bonds is 0. The Morgan fingerprint density at radius 3 is 1.75 bits per heavy atom. The SMILES string of the molecule is C#CC.[Au+]. The Labute approximate surface area is 42.1 Å². The van der Waals surface area contributed by atoms with Crippen molar-refractivity contribution in [2.45, 2.75) is 6.92 Å². The van der Waals surface area contributed by atoms with Crippen molar-refractivity contribution < 1.29 is 22.4 Å². The second-order valence-corrected chi connectivity index (χ2v) is 0.289. The average Bonchev–Trinajstić information content (AvgIpc) is 0.918. The van der Waals surface area contributed by atoms with Crippen LogP contribution in [0.2, 0.25) is 0 Å². The Hall–Kier alpha value is 0.300. The zero-order valence-electron chi connectivity index (χ0n) is 2.38. The van der Waals surface area contributed by atoms with E-state index in [1.807, 2.05) is 0 Å². The fraction of sp³-hybridized carbons (Fsp3) is 0.333. The Morgan fingerprint density at radius 2 is 1.75 bits per heavy atom. The van der Waals surface area contributed by atoms with E-state index in [0.717, 1.165) is 0 Å². The minimum Gasteiger partial charge on any atom is -0.120 e. The van der Waals surface area contributed by atoms with Gasteiger partial charge in [0.2, 0.25) is 0 Å². The van der Waals surface area contributed by atoms with Crippen LogP contribution in [0.5, 0.6) is 0 Å². The molecule has 0 saturated carbocycles. The average molecular weight is 237 g/mol. The molecule has 0 N–H and O–H groups in total. The van der Waals surface area contributed by atoms with Crippen molar-refractivity contribution in [3.8, 4) is 12.3 Å². The van der Waals surface area contributed by atoms with E-state index in [4.69, 9.17) is 0 Å². The van der Waals surface area contributed by atoms with E-state index in [-0.39, 0.29) is 22.4 Å². The molecule has 0 fully saturated rings. The molecule has 4 heavy (non-hydrogen) atoms. The number of hydrogen-bond acceptors (Lipinski definition) is 0. The fourth-order valence-electron chi connectivity index (χ4n) is 0. The van der Waals surface area contributed by atoms with Gasteiger partial charge in [0.05, 0.1) is 0 Å². The van der Waals surface area contributed by atoms with Crippen molar-refractivity contribution in [2.24, 2.45) is 0 Å². The van der Waals surface area contributed by atoms with E-state index in [1.54, 1.807) is 6.92 Å². The first kappa shape index (κ1) is 8.85. The van der Waals surface area contributed by atoms with Crippen LogP contribution in [0.25, 0.3) is 0 Å². The second kappa shape index (κ2) is 10.3. The van der Waals surface area contributed by atoms with Crippen LogP contribution >= 0.6 is 0 Å². The van der Waals surface area contributed by atoms with Crippen molar-refractivity contribution in [3.63, 3.8) is 0 Å². The van der Waals surface area contributed by atoms with E-state index in [2.05, 4.69) is 12.3 Å². The van der Waals surface area contributed by atoms with E-state index >= 15 is 0 Å². The Morgan fingerprint density at radius 1 is 1.75 bits per heavy atom. The van der Waals surface area contributed by atoms with E-state index in [9.17, 15) is 0 Å². The minimum absolute atomic E-state index is 0. The summed E-state index contributed by atoms with van der Waals surface area (Å²) < 4.78 is 0. The van der Waals surface area contributed by atoms with Crippen LogP contribution in [0.15, 0.2) is 0 Å². The van der Waals surface area contributed by atoms with Crippen LogP contribution in [0.3, 0.4) is 0 Å². The summed E-state index contributed by atoms with van der Waals surface area (Å²) in [4.78, 5) is 0. The van der Waals surface area contributed by atoms with Gasteiger partial charge in [-0.3, -0.25) is 0 Å². The van der Waals surface area contributed by atoms with Crippen molar-refractivity contribution >= 4 is 0 Å². The second-order valence-electron chi connectivity index (χ2n) is 0.289. The van der Waals surface area contributed by atoms with Crippen molar-refractivity contribution in [1.29, 1.82) is 0 Å². The van der Waals surface area contributed by atoms with Crippen LogP contribution < -0.4 is 0 Å². The summed E-state index contributed by atoms with van der Waals surface area (Å²) in [7, 11) is 0. The van der Waals surface area contributed by atoms with Crippen molar-refractivity contribution in [3.05, 3.63) is 0 Å². The third-order valence-electron chi connectivity index (χ3n) is 0. The van der Waals surface area contributed by atoms with Crippen molar-refractivity contribution in [1.82, 2.24) is 0 Å². The summed E-state index contributed by atoms with van der Waals surface area (Å²) >= 11 is 0. The molecule has 0 heterocycles. The monoisotopic (exact) mass is 237 g/mol. The van der Waals surface area contributed by atoms with Gasteiger partial charge < -0.3 is 0 Å². The van der Waals surface area contributed by atoms with Gasteiger partial charge in [0.25, 0.3) is 0 Å². The maximum absolute atomic E-state index is 4.60.